The zero-order chi connectivity index (χ0) is 13.0. The fourth-order valence-corrected chi connectivity index (χ4v) is 2.25. The number of aromatic nitrogens is 1. The van der Waals surface area contributed by atoms with E-state index in [2.05, 4.69) is 0 Å². The number of rotatable bonds is 5. The molecule has 0 saturated carbocycles. The second kappa shape index (κ2) is 5.78. The topological polar surface area (TPSA) is 31.2 Å². The molecule has 0 aliphatic carbocycles. The molecule has 94 valence electrons. The molecule has 0 fully saturated rings. The van der Waals surface area contributed by atoms with Gasteiger partial charge in [0.1, 0.15) is 5.75 Å². The lowest BCUT2D eigenvalue weighted by Crippen LogP contribution is -2.14. The van der Waals surface area contributed by atoms with Gasteiger partial charge in [-0.25, -0.2) is 0 Å². The normalized spacial score (nSPS) is 10.3. The van der Waals surface area contributed by atoms with Crippen molar-refractivity contribution in [1.29, 1.82) is 0 Å². The first-order valence-corrected chi connectivity index (χ1v) is 6.85. The molecule has 1 aromatic carbocycles. The first kappa shape index (κ1) is 12.8. The fourth-order valence-electron chi connectivity index (χ4n) is 1.71. The summed E-state index contributed by atoms with van der Waals surface area (Å²) >= 11 is 1.61. The van der Waals surface area contributed by atoms with E-state index < -0.39 is 0 Å². The number of ether oxygens (including phenoxy) is 1. The van der Waals surface area contributed by atoms with Crippen molar-refractivity contribution in [2.45, 2.75) is 4.90 Å². The van der Waals surface area contributed by atoms with E-state index in [-0.39, 0.29) is 12.4 Å². The van der Waals surface area contributed by atoms with E-state index in [4.69, 9.17) is 4.74 Å². The van der Waals surface area contributed by atoms with Crippen molar-refractivity contribution in [2.75, 3.05) is 12.9 Å². The van der Waals surface area contributed by atoms with Crippen molar-refractivity contribution in [1.82, 2.24) is 4.57 Å². The minimum atomic E-state index is -0.0154. The zero-order valence-electron chi connectivity index (χ0n) is 10.4. The fraction of sp³-hybridized carbons (Fsp3) is 0.214. The lowest BCUT2D eigenvalue weighted by atomic mass is 10.3. The minimum absolute atomic E-state index is 0.0154. The number of carbonyl (C=O) groups excluding carboxylic acids is 1. The van der Waals surface area contributed by atoms with Gasteiger partial charge >= 0.3 is 0 Å². The molecule has 4 heteroatoms. The van der Waals surface area contributed by atoms with Crippen LogP contribution in [0.5, 0.6) is 5.75 Å². The minimum Gasteiger partial charge on any atom is -0.484 e. The van der Waals surface area contributed by atoms with Gasteiger partial charge in [-0.05, 0) is 30.5 Å². The maximum atomic E-state index is 11.9. The first-order chi connectivity index (χ1) is 8.72. The smallest absolute Gasteiger partial charge is 0.216 e. The van der Waals surface area contributed by atoms with Gasteiger partial charge in [0, 0.05) is 18.1 Å². The van der Waals surface area contributed by atoms with E-state index in [9.17, 15) is 4.79 Å². The van der Waals surface area contributed by atoms with Gasteiger partial charge in [-0.2, -0.15) is 0 Å². The molecule has 0 spiro atoms. The van der Waals surface area contributed by atoms with Gasteiger partial charge in [-0.1, -0.05) is 12.1 Å². The van der Waals surface area contributed by atoms with Crippen LogP contribution in [-0.2, 0) is 7.05 Å². The highest BCUT2D eigenvalue weighted by Crippen LogP contribution is 2.26. The second-order valence-electron chi connectivity index (χ2n) is 3.87. The van der Waals surface area contributed by atoms with Crippen LogP contribution in [0.4, 0.5) is 0 Å². The third kappa shape index (κ3) is 2.76. The molecule has 0 aliphatic heterocycles. The van der Waals surface area contributed by atoms with Crippen molar-refractivity contribution in [3.63, 3.8) is 0 Å². The monoisotopic (exact) mass is 261 g/mol. The molecule has 0 N–H and O–H groups in total. The molecule has 0 aliphatic rings. The van der Waals surface area contributed by atoms with Crippen LogP contribution in [0.25, 0.3) is 0 Å². The summed E-state index contributed by atoms with van der Waals surface area (Å²) in [6.07, 6.45) is 3.84. The predicted molar refractivity (Wildman–Crippen MR) is 73.5 cm³/mol. The summed E-state index contributed by atoms with van der Waals surface area (Å²) in [6, 6.07) is 11.4. The Bertz CT molecular complexity index is 548. The van der Waals surface area contributed by atoms with E-state index in [1.165, 1.54) is 0 Å². The summed E-state index contributed by atoms with van der Waals surface area (Å²) in [6.45, 7) is 0.0649. The molecule has 2 rings (SSSR count). The highest BCUT2D eigenvalue weighted by molar-refractivity contribution is 7.98. The average molecular weight is 261 g/mol. The van der Waals surface area contributed by atoms with E-state index in [0.29, 0.717) is 5.69 Å². The maximum absolute atomic E-state index is 11.9. The van der Waals surface area contributed by atoms with Gasteiger partial charge < -0.3 is 9.30 Å². The second-order valence-corrected chi connectivity index (χ2v) is 4.72. The Labute approximate surface area is 111 Å². The average Bonchev–Trinajstić information content (AvgIpc) is 2.82. The Balaban J connectivity index is 2.04. The Kier molecular flexibility index (Phi) is 4.10. The molecule has 0 atom stereocenters. The molecule has 0 saturated heterocycles. The van der Waals surface area contributed by atoms with Crippen LogP contribution in [-0.4, -0.2) is 23.2 Å². The van der Waals surface area contributed by atoms with E-state index in [0.717, 1.165) is 10.6 Å². The molecule has 0 amide bonds. The van der Waals surface area contributed by atoms with Gasteiger partial charge in [0.2, 0.25) is 5.78 Å². The summed E-state index contributed by atoms with van der Waals surface area (Å²) in [5.74, 6) is 0.742. The number of aryl methyl sites for hydroxylation is 1. The molecule has 0 unspecified atom stereocenters. The third-order valence-electron chi connectivity index (χ3n) is 2.66. The maximum Gasteiger partial charge on any atom is 0.216 e. The van der Waals surface area contributed by atoms with Gasteiger partial charge in [0.05, 0.1) is 5.69 Å². The predicted octanol–water partition coefficient (Wildman–Crippen LogP) is 3.01. The van der Waals surface area contributed by atoms with Gasteiger partial charge in [-0.3, -0.25) is 4.79 Å². The molecule has 3 nitrogen and oxygen atoms in total. The number of nitrogens with zero attached hydrogens (tertiary/aromatic N) is 1. The Hall–Kier alpha value is -1.68. The largest absolute Gasteiger partial charge is 0.484 e. The summed E-state index contributed by atoms with van der Waals surface area (Å²) in [5, 5.41) is 0. The van der Waals surface area contributed by atoms with Crippen LogP contribution in [0.3, 0.4) is 0 Å². The molecule has 1 aromatic heterocycles. The van der Waals surface area contributed by atoms with Crippen molar-refractivity contribution in [2.24, 2.45) is 7.05 Å². The molecular weight excluding hydrogens is 246 g/mol. The third-order valence-corrected chi connectivity index (χ3v) is 3.43. The number of carbonyl (C=O) groups is 1. The van der Waals surface area contributed by atoms with Crippen molar-refractivity contribution >= 4 is 17.5 Å². The summed E-state index contributed by atoms with van der Waals surface area (Å²) in [4.78, 5) is 13.0. The summed E-state index contributed by atoms with van der Waals surface area (Å²) < 4.78 is 7.38. The lowest BCUT2D eigenvalue weighted by Gasteiger charge is -2.09. The van der Waals surface area contributed by atoms with Crippen molar-refractivity contribution in [3.05, 3.63) is 48.3 Å². The molecule has 0 bridgehead atoms. The number of ketones is 1. The summed E-state index contributed by atoms with van der Waals surface area (Å²) in [5.41, 5.74) is 0.664. The van der Waals surface area contributed by atoms with Crippen molar-refractivity contribution < 1.29 is 9.53 Å². The van der Waals surface area contributed by atoms with Gasteiger partial charge in [0.25, 0.3) is 0 Å². The number of para-hydroxylation sites is 1. The Morgan fingerprint density at radius 2 is 2.06 bits per heavy atom. The molecule has 0 radical (unpaired) electrons. The highest BCUT2D eigenvalue weighted by Gasteiger charge is 2.10. The van der Waals surface area contributed by atoms with E-state index >= 15 is 0 Å². The van der Waals surface area contributed by atoms with Crippen LogP contribution >= 0.6 is 11.8 Å². The Morgan fingerprint density at radius 1 is 1.28 bits per heavy atom. The number of Topliss-reactive ketones (excluding diaryl/α,β-unsaturated/α-hetero) is 1. The van der Waals surface area contributed by atoms with Crippen LogP contribution in [0.15, 0.2) is 47.5 Å². The molecule has 1 heterocycles. The van der Waals surface area contributed by atoms with E-state index in [1.807, 2.05) is 49.8 Å². The standard InChI is InChI=1S/C14H15NO2S/c1-15-9-5-6-11(15)12(16)10-17-13-7-3-4-8-14(13)18-2/h3-9H,10H2,1-2H3. The number of hydrogen-bond donors (Lipinski definition) is 0. The van der Waals surface area contributed by atoms with Crippen LogP contribution < -0.4 is 4.74 Å². The van der Waals surface area contributed by atoms with Crippen LogP contribution in [0.2, 0.25) is 0 Å². The summed E-state index contributed by atoms with van der Waals surface area (Å²) in [7, 11) is 1.85. The Morgan fingerprint density at radius 3 is 2.72 bits per heavy atom. The van der Waals surface area contributed by atoms with Gasteiger partial charge in [0.15, 0.2) is 6.61 Å². The van der Waals surface area contributed by atoms with Crippen LogP contribution in [0, 0.1) is 0 Å². The number of hydrogen-bond acceptors (Lipinski definition) is 3. The van der Waals surface area contributed by atoms with Crippen molar-refractivity contribution in [3.8, 4) is 5.75 Å². The first-order valence-electron chi connectivity index (χ1n) is 5.62. The molecule has 18 heavy (non-hydrogen) atoms. The quantitative estimate of drug-likeness (QED) is 0.612. The molecular formula is C14H15NO2S. The SMILES string of the molecule is CSc1ccccc1OCC(=O)c1cccn1C. The molecule has 2 aromatic rings. The van der Waals surface area contributed by atoms with E-state index in [1.54, 1.807) is 22.4 Å². The van der Waals surface area contributed by atoms with Gasteiger partial charge in [-0.15, -0.1) is 11.8 Å². The number of benzene rings is 1. The number of thioether (sulfide) groups is 1. The lowest BCUT2D eigenvalue weighted by molar-refractivity contribution is 0.0911. The highest BCUT2D eigenvalue weighted by atomic mass is 32.2. The van der Waals surface area contributed by atoms with Crippen LogP contribution in [0.1, 0.15) is 10.5 Å². The zero-order valence-corrected chi connectivity index (χ0v) is 11.2.